The monoisotopic (exact) mass is 400 g/mol. The summed E-state index contributed by atoms with van der Waals surface area (Å²) in [5.74, 6) is 0. The summed E-state index contributed by atoms with van der Waals surface area (Å²) in [4.78, 5) is 11.6. The van der Waals surface area contributed by atoms with Crippen LogP contribution in [0.1, 0.15) is 21.6 Å². The highest BCUT2D eigenvalue weighted by atomic mass is 35.5. The van der Waals surface area contributed by atoms with Crippen molar-refractivity contribution in [2.24, 2.45) is 0 Å². The average molecular weight is 401 g/mol. The molecule has 1 heterocycles. The van der Waals surface area contributed by atoms with Crippen molar-refractivity contribution in [1.82, 2.24) is 4.57 Å². The van der Waals surface area contributed by atoms with Crippen LogP contribution in [0.15, 0.2) is 78.9 Å². The fourth-order valence-electron chi connectivity index (χ4n) is 3.81. The Bertz CT molecular complexity index is 1160. The number of nitrogens with zero attached hydrogens (tertiary/aromatic N) is 1. The van der Waals surface area contributed by atoms with Gasteiger partial charge in [0.15, 0.2) is 6.29 Å². The number of hydrogen-bond acceptors (Lipinski definition) is 2. The van der Waals surface area contributed by atoms with Crippen molar-refractivity contribution in [2.75, 3.05) is 5.73 Å². The van der Waals surface area contributed by atoms with Gasteiger partial charge in [-0.05, 0) is 30.2 Å². The Morgan fingerprint density at radius 2 is 1.59 bits per heavy atom. The van der Waals surface area contributed by atoms with Crippen molar-refractivity contribution in [3.63, 3.8) is 0 Å². The van der Waals surface area contributed by atoms with E-state index in [0.717, 1.165) is 39.9 Å². The summed E-state index contributed by atoms with van der Waals surface area (Å²) in [6.07, 6.45) is 0.882. The van der Waals surface area contributed by atoms with Gasteiger partial charge in [0, 0.05) is 34.0 Å². The van der Waals surface area contributed by atoms with Gasteiger partial charge in [0.2, 0.25) is 0 Å². The molecule has 0 atom stereocenters. The maximum Gasteiger partial charge on any atom is 0.150 e. The third-order valence-corrected chi connectivity index (χ3v) is 5.47. The van der Waals surface area contributed by atoms with Crippen LogP contribution in [0, 0.1) is 6.92 Å². The van der Waals surface area contributed by atoms with Crippen molar-refractivity contribution in [3.8, 4) is 22.4 Å². The van der Waals surface area contributed by atoms with Crippen molar-refractivity contribution < 1.29 is 4.79 Å². The zero-order chi connectivity index (χ0) is 20.4. The predicted molar refractivity (Wildman–Crippen MR) is 120 cm³/mol. The van der Waals surface area contributed by atoms with Crippen molar-refractivity contribution in [2.45, 2.75) is 13.5 Å². The number of rotatable bonds is 5. The summed E-state index contributed by atoms with van der Waals surface area (Å²) >= 11 is 6.06. The van der Waals surface area contributed by atoms with Gasteiger partial charge in [0.1, 0.15) is 0 Å². The Kier molecular flexibility index (Phi) is 5.24. The second kappa shape index (κ2) is 7.98. The summed E-state index contributed by atoms with van der Waals surface area (Å²) in [7, 11) is 0. The van der Waals surface area contributed by atoms with E-state index in [-0.39, 0.29) is 0 Å². The van der Waals surface area contributed by atoms with E-state index in [1.54, 1.807) is 0 Å². The molecule has 0 bridgehead atoms. The van der Waals surface area contributed by atoms with E-state index in [0.29, 0.717) is 22.8 Å². The van der Waals surface area contributed by atoms with Crippen LogP contribution in [0.25, 0.3) is 22.4 Å². The molecule has 0 radical (unpaired) electrons. The summed E-state index contributed by atoms with van der Waals surface area (Å²) in [6, 6.07) is 25.5. The van der Waals surface area contributed by atoms with E-state index in [9.17, 15) is 4.79 Å². The second-order valence-electron chi connectivity index (χ2n) is 7.01. The van der Waals surface area contributed by atoms with Crippen molar-refractivity contribution >= 4 is 23.6 Å². The molecule has 0 aliphatic carbocycles. The SMILES string of the molecule is Cc1c(-c2ccccc2C=O)c(N)c(-c2ccccc2)n1Cc1ccc(Cl)cc1. The maximum atomic E-state index is 11.6. The first-order chi connectivity index (χ1) is 14.1. The van der Waals surface area contributed by atoms with Gasteiger partial charge in [-0.3, -0.25) is 4.79 Å². The number of anilines is 1. The Labute approximate surface area is 175 Å². The normalized spacial score (nSPS) is 10.8. The molecule has 0 spiro atoms. The van der Waals surface area contributed by atoms with E-state index in [1.165, 1.54) is 0 Å². The lowest BCUT2D eigenvalue weighted by Crippen LogP contribution is -2.04. The summed E-state index contributed by atoms with van der Waals surface area (Å²) in [5, 5.41) is 0.710. The van der Waals surface area contributed by atoms with E-state index in [2.05, 4.69) is 23.6 Å². The molecule has 0 aliphatic heterocycles. The molecule has 0 saturated heterocycles. The number of carbonyl (C=O) groups excluding carboxylic acids is 1. The first kappa shape index (κ1) is 19.0. The molecule has 0 unspecified atom stereocenters. The fraction of sp³-hybridized carbons (Fsp3) is 0.0800. The van der Waals surface area contributed by atoms with Gasteiger partial charge in [-0.15, -0.1) is 0 Å². The molecule has 0 amide bonds. The number of nitrogen functional groups attached to an aromatic ring is 1. The van der Waals surface area contributed by atoms with E-state index in [4.69, 9.17) is 17.3 Å². The molecule has 29 heavy (non-hydrogen) atoms. The minimum absolute atomic E-state index is 0.630. The van der Waals surface area contributed by atoms with Gasteiger partial charge < -0.3 is 10.3 Å². The molecule has 4 aromatic rings. The molecular formula is C25H21ClN2O. The predicted octanol–water partition coefficient (Wildman–Crippen LogP) is 6.23. The quantitative estimate of drug-likeness (QED) is 0.404. The molecule has 2 N–H and O–H groups in total. The van der Waals surface area contributed by atoms with Crippen molar-refractivity contribution in [3.05, 3.63) is 101 Å². The zero-order valence-electron chi connectivity index (χ0n) is 16.1. The van der Waals surface area contributed by atoms with E-state index in [1.807, 2.05) is 66.7 Å². The van der Waals surface area contributed by atoms with Gasteiger partial charge in [-0.2, -0.15) is 0 Å². The summed E-state index contributed by atoms with van der Waals surface area (Å²) < 4.78 is 2.21. The molecule has 1 aromatic heterocycles. The summed E-state index contributed by atoms with van der Waals surface area (Å²) in [5.41, 5.74) is 13.9. The Balaban J connectivity index is 1.96. The van der Waals surface area contributed by atoms with Gasteiger partial charge >= 0.3 is 0 Å². The third kappa shape index (κ3) is 3.57. The minimum Gasteiger partial charge on any atom is -0.396 e. The third-order valence-electron chi connectivity index (χ3n) is 5.22. The number of benzene rings is 3. The Hall–Kier alpha value is -3.30. The number of carbonyl (C=O) groups is 1. The number of aromatic nitrogens is 1. The standard InChI is InChI=1S/C25H21ClN2O/c1-17-23(22-10-6-5-9-20(22)16-29)24(27)25(19-7-3-2-4-8-19)28(17)15-18-11-13-21(26)14-12-18/h2-14,16H,15,27H2,1H3. The van der Waals surface area contributed by atoms with Crippen LogP contribution in [0.5, 0.6) is 0 Å². The second-order valence-corrected chi connectivity index (χ2v) is 7.44. The fourth-order valence-corrected chi connectivity index (χ4v) is 3.93. The highest BCUT2D eigenvalue weighted by molar-refractivity contribution is 6.30. The highest BCUT2D eigenvalue weighted by Crippen LogP contribution is 2.41. The van der Waals surface area contributed by atoms with Crippen LogP contribution >= 0.6 is 11.6 Å². The number of hydrogen-bond donors (Lipinski definition) is 1. The number of aldehydes is 1. The number of nitrogens with two attached hydrogens (primary N) is 1. The van der Waals surface area contributed by atoms with Crippen LogP contribution in [0.4, 0.5) is 5.69 Å². The Morgan fingerprint density at radius 3 is 2.28 bits per heavy atom. The average Bonchev–Trinajstić information content (AvgIpc) is 2.99. The van der Waals surface area contributed by atoms with Gasteiger partial charge in [0.25, 0.3) is 0 Å². The highest BCUT2D eigenvalue weighted by Gasteiger charge is 2.22. The lowest BCUT2D eigenvalue weighted by molar-refractivity contribution is 0.112. The lowest BCUT2D eigenvalue weighted by atomic mass is 9.98. The van der Waals surface area contributed by atoms with Gasteiger partial charge in [0.05, 0.1) is 11.4 Å². The molecule has 0 fully saturated rings. The lowest BCUT2D eigenvalue weighted by Gasteiger charge is -2.13. The molecule has 3 nitrogen and oxygen atoms in total. The molecule has 3 aromatic carbocycles. The summed E-state index contributed by atoms with van der Waals surface area (Å²) in [6.45, 7) is 2.70. The van der Waals surface area contributed by atoms with Crippen LogP contribution in [-0.4, -0.2) is 10.9 Å². The first-order valence-electron chi connectivity index (χ1n) is 9.43. The number of halogens is 1. The zero-order valence-corrected chi connectivity index (χ0v) is 16.9. The molecule has 0 aliphatic rings. The maximum absolute atomic E-state index is 11.6. The largest absolute Gasteiger partial charge is 0.396 e. The molecular weight excluding hydrogens is 380 g/mol. The van der Waals surface area contributed by atoms with Crippen LogP contribution in [0.2, 0.25) is 5.02 Å². The molecule has 144 valence electrons. The first-order valence-corrected chi connectivity index (χ1v) is 9.81. The smallest absolute Gasteiger partial charge is 0.150 e. The minimum atomic E-state index is 0.630. The Morgan fingerprint density at radius 1 is 0.931 bits per heavy atom. The molecule has 4 rings (SSSR count). The van der Waals surface area contributed by atoms with Gasteiger partial charge in [-0.25, -0.2) is 0 Å². The van der Waals surface area contributed by atoms with Crippen molar-refractivity contribution in [1.29, 1.82) is 0 Å². The van der Waals surface area contributed by atoms with Crippen LogP contribution in [-0.2, 0) is 6.54 Å². The van der Waals surface area contributed by atoms with E-state index < -0.39 is 0 Å². The van der Waals surface area contributed by atoms with E-state index >= 15 is 0 Å². The topological polar surface area (TPSA) is 48.0 Å². The van der Waals surface area contributed by atoms with Gasteiger partial charge in [-0.1, -0.05) is 78.3 Å². The van der Waals surface area contributed by atoms with Crippen LogP contribution in [0.3, 0.4) is 0 Å². The molecule has 4 heteroatoms. The molecule has 0 saturated carbocycles. The van der Waals surface area contributed by atoms with Crippen LogP contribution < -0.4 is 5.73 Å².